The van der Waals surface area contributed by atoms with Crippen LogP contribution in [0.15, 0.2) is 24.3 Å². The van der Waals surface area contributed by atoms with Gasteiger partial charge in [0.15, 0.2) is 0 Å². The number of rotatable bonds is 6. The molecule has 0 saturated heterocycles. The lowest BCUT2D eigenvalue weighted by Gasteiger charge is -2.14. The summed E-state index contributed by atoms with van der Waals surface area (Å²) in [6, 6.07) is 7.51. The lowest BCUT2D eigenvalue weighted by Crippen LogP contribution is -2.14. The normalized spacial score (nSPS) is 14.5. The summed E-state index contributed by atoms with van der Waals surface area (Å²) in [5.41, 5.74) is 6.41. The lowest BCUT2D eigenvalue weighted by atomic mass is 10.1. The Hall–Kier alpha value is -0.710. The molecule has 0 spiro atoms. The van der Waals surface area contributed by atoms with Gasteiger partial charge in [-0.1, -0.05) is 19.1 Å². The van der Waals surface area contributed by atoms with Crippen molar-refractivity contribution >= 4 is 11.8 Å². The number of aliphatic hydroxyl groups excluding tert-OH is 1. The Bertz CT molecular complexity index is 320. The zero-order valence-electron chi connectivity index (χ0n) is 9.72. The Labute approximate surface area is 101 Å². The van der Waals surface area contributed by atoms with E-state index in [1.54, 1.807) is 18.9 Å². The van der Waals surface area contributed by atoms with Crippen molar-refractivity contribution in [3.05, 3.63) is 29.8 Å². The molecule has 2 atom stereocenters. The summed E-state index contributed by atoms with van der Waals surface area (Å²) in [4.78, 5) is 0. The van der Waals surface area contributed by atoms with Gasteiger partial charge >= 0.3 is 0 Å². The number of nitrogens with two attached hydrogens (primary N) is 1. The molecule has 2 unspecified atom stereocenters. The Balaban J connectivity index is 2.54. The topological polar surface area (TPSA) is 55.5 Å². The van der Waals surface area contributed by atoms with Gasteiger partial charge in [0.2, 0.25) is 0 Å². The molecule has 3 N–H and O–H groups in total. The molecule has 3 nitrogen and oxygen atoms in total. The SMILES string of the molecule is COc1cccc(C(O)CSC(C)CN)c1. The van der Waals surface area contributed by atoms with E-state index in [0.717, 1.165) is 11.3 Å². The maximum absolute atomic E-state index is 9.97. The number of thioether (sulfide) groups is 1. The second-order valence-electron chi connectivity index (χ2n) is 3.67. The molecule has 4 heteroatoms. The van der Waals surface area contributed by atoms with Crippen LogP contribution in [0.5, 0.6) is 5.75 Å². The average molecular weight is 241 g/mol. The smallest absolute Gasteiger partial charge is 0.119 e. The molecule has 0 aliphatic rings. The van der Waals surface area contributed by atoms with Crippen molar-refractivity contribution in [3.8, 4) is 5.75 Å². The van der Waals surface area contributed by atoms with Crippen molar-refractivity contribution in [2.24, 2.45) is 5.73 Å². The van der Waals surface area contributed by atoms with E-state index in [-0.39, 0.29) is 0 Å². The van der Waals surface area contributed by atoms with Gasteiger partial charge in [0.25, 0.3) is 0 Å². The summed E-state index contributed by atoms with van der Waals surface area (Å²) < 4.78 is 5.11. The van der Waals surface area contributed by atoms with E-state index in [2.05, 4.69) is 6.92 Å². The number of aliphatic hydroxyl groups is 1. The average Bonchev–Trinajstić information content (AvgIpc) is 2.35. The maximum Gasteiger partial charge on any atom is 0.119 e. The fourth-order valence-electron chi connectivity index (χ4n) is 1.27. The second kappa shape index (κ2) is 6.78. The lowest BCUT2D eigenvalue weighted by molar-refractivity contribution is 0.203. The molecule has 1 rings (SSSR count). The second-order valence-corrected chi connectivity index (χ2v) is 5.14. The number of methoxy groups -OCH3 is 1. The van der Waals surface area contributed by atoms with Gasteiger partial charge in [-0.05, 0) is 17.7 Å². The van der Waals surface area contributed by atoms with Gasteiger partial charge in [0.1, 0.15) is 5.75 Å². The van der Waals surface area contributed by atoms with Crippen LogP contribution in [0.3, 0.4) is 0 Å². The van der Waals surface area contributed by atoms with Gasteiger partial charge in [0, 0.05) is 17.5 Å². The first-order chi connectivity index (χ1) is 7.67. The first kappa shape index (κ1) is 13.4. The van der Waals surface area contributed by atoms with Crippen molar-refractivity contribution in [2.75, 3.05) is 19.4 Å². The zero-order valence-corrected chi connectivity index (χ0v) is 10.5. The fraction of sp³-hybridized carbons (Fsp3) is 0.500. The van der Waals surface area contributed by atoms with Crippen LogP contribution >= 0.6 is 11.8 Å². The Morgan fingerprint density at radius 1 is 1.50 bits per heavy atom. The minimum absolute atomic E-state index is 0.375. The van der Waals surface area contributed by atoms with Gasteiger partial charge in [-0.3, -0.25) is 0 Å². The molecule has 0 aliphatic carbocycles. The highest BCUT2D eigenvalue weighted by atomic mass is 32.2. The summed E-state index contributed by atoms with van der Waals surface area (Å²) in [6.45, 7) is 2.69. The van der Waals surface area contributed by atoms with Crippen molar-refractivity contribution in [3.63, 3.8) is 0 Å². The summed E-state index contributed by atoms with van der Waals surface area (Å²) in [6.07, 6.45) is -0.464. The molecule has 0 aliphatic heterocycles. The molecular weight excluding hydrogens is 222 g/mol. The molecule has 0 heterocycles. The van der Waals surface area contributed by atoms with Gasteiger partial charge in [-0.15, -0.1) is 0 Å². The molecular formula is C12H19NO2S. The van der Waals surface area contributed by atoms with Crippen LogP contribution < -0.4 is 10.5 Å². The number of hydrogen-bond donors (Lipinski definition) is 2. The van der Waals surface area contributed by atoms with Gasteiger partial charge in [-0.2, -0.15) is 11.8 Å². The summed E-state index contributed by atoms with van der Waals surface area (Å²) in [5.74, 6) is 1.43. The predicted octanol–water partition coefficient (Wildman–Crippen LogP) is 1.81. The number of hydrogen-bond acceptors (Lipinski definition) is 4. The van der Waals surface area contributed by atoms with Crippen molar-refractivity contribution in [1.82, 2.24) is 0 Å². The first-order valence-electron chi connectivity index (χ1n) is 5.31. The van der Waals surface area contributed by atoms with Gasteiger partial charge in [0.05, 0.1) is 13.2 Å². The van der Waals surface area contributed by atoms with Crippen molar-refractivity contribution in [2.45, 2.75) is 18.3 Å². The zero-order chi connectivity index (χ0) is 12.0. The molecule has 16 heavy (non-hydrogen) atoms. The maximum atomic E-state index is 9.97. The molecule has 0 radical (unpaired) electrons. The standard InChI is InChI=1S/C12H19NO2S/c1-9(7-13)16-8-12(14)10-4-3-5-11(6-10)15-2/h3-6,9,12,14H,7-8,13H2,1-2H3. The van der Waals surface area contributed by atoms with Crippen molar-refractivity contribution in [1.29, 1.82) is 0 Å². The minimum Gasteiger partial charge on any atom is -0.497 e. The third-order valence-corrected chi connectivity index (χ3v) is 3.62. The predicted molar refractivity (Wildman–Crippen MR) is 68.9 cm³/mol. The van der Waals surface area contributed by atoms with E-state index in [1.165, 1.54) is 0 Å². The minimum atomic E-state index is -0.464. The monoisotopic (exact) mass is 241 g/mol. The highest BCUT2D eigenvalue weighted by molar-refractivity contribution is 7.99. The van der Waals surface area contributed by atoms with Gasteiger partial charge < -0.3 is 15.6 Å². The molecule has 0 bridgehead atoms. The molecule has 0 fully saturated rings. The quantitative estimate of drug-likeness (QED) is 0.797. The van der Waals surface area contributed by atoms with Crippen LogP contribution in [-0.4, -0.2) is 29.8 Å². The molecule has 1 aromatic rings. The largest absolute Gasteiger partial charge is 0.497 e. The third kappa shape index (κ3) is 4.04. The molecule has 0 saturated carbocycles. The van der Waals surface area contributed by atoms with E-state index < -0.39 is 6.10 Å². The van der Waals surface area contributed by atoms with E-state index >= 15 is 0 Å². The van der Waals surface area contributed by atoms with Crippen LogP contribution in [0.4, 0.5) is 0 Å². The number of benzene rings is 1. The van der Waals surface area contributed by atoms with Crippen LogP contribution in [0, 0.1) is 0 Å². The third-order valence-electron chi connectivity index (χ3n) is 2.35. The summed E-state index contributed by atoms with van der Waals surface area (Å²) in [7, 11) is 1.62. The van der Waals surface area contributed by atoms with Crippen LogP contribution in [-0.2, 0) is 0 Å². The van der Waals surface area contributed by atoms with Crippen molar-refractivity contribution < 1.29 is 9.84 Å². The molecule has 0 amide bonds. The Morgan fingerprint density at radius 2 is 2.25 bits per heavy atom. The highest BCUT2D eigenvalue weighted by Crippen LogP contribution is 2.23. The van der Waals surface area contributed by atoms with E-state index in [9.17, 15) is 5.11 Å². The van der Waals surface area contributed by atoms with Crippen LogP contribution in [0.25, 0.3) is 0 Å². The van der Waals surface area contributed by atoms with E-state index in [0.29, 0.717) is 17.5 Å². The first-order valence-corrected chi connectivity index (χ1v) is 6.36. The number of ether oxygens (including phenoxy) is 1. The molecule has 0 aromatic heterocycles. The van der Waals surface area contributed by atoms with Crippen LogP contribution in [0.1, 0.15) is 18.6 Å². The van der Waals surface area contributed by atoms with E-state index in [1.807, 2.05) is 24.3 Å². The fourth-order valence-corrected chi connectivity index (χ4v) is 2.11. The van der Waals surface area contributed by atoms with E-state index in [4.69, 9.17) is 10.5 Å². The molecule has 90 valence electrons. The molecule has 1 aromatic carbocycles. The Kier molecular flexibility index (Phi) is 5.66. The van der Waals surface area contributed by atoms with Crippen LogP contribution in [0.2, 0.25) is 0 Å². The van der Waals surface area contributed by atoms with Gasteiger partial charge in [-0.25, -0.2) is 0 Å². The summed E-state index contributed by atoms with van der Waals surface area (Å²) >= 11 is 1.68. The highest BCUT2D eigenvalue weighted by Gasteiger charge is 2.10. The Morgan fingerprint density at radius 3 is 2.88 bits per heavy atom. The summed E-state index contributed by atoms with van der Waals surface area (Å²) in [5, 5.41) is 10.3.